The number of benzene rings is 2. The number of hydrogen-bond acceptors (Lipinski definition) is 2. The Labute approximate surface area is 109 Å². The Morgan fingerprint density at radius 2 is 1.50 bits per heavy atom. The fraction of sp³-hybridized carbons (Fsp3) is 0.188. The zero-order chi connectivity index (χ0) is 13.0. The lowest BCUT2D eigenvalue weighted by molar-refractivity contribution is 0.440. The van der Waals surface area contributed by atoms with E-state index in [9.17, 15) is 0 Å². The Morgan fingerprint density at radius 1 is 0.889 bits per heavy atom. The van der Waals surface area contributed by atoms with E-state index < -0.39 is 0 Å². The van der Waals surface area contributed by atoms with Crippen LogP contribution in [0.1, 0.15) is 11.1 Å². The third kappa shape index (κ3) is 2.77. The summed E-state index contributed by atoms with van der Waals surface area (Å²) in [4.78, 5) is 0. The van der Waals surface area contributed by atoms with E-state index in [4.69, 9.17) is 0 Å². The van der Waals surface area contributed by atoms with Gasteiger partial charge in [-0.3, -0.25) is 0 Å². The predicted molar refractivity (Wildman–Crippen MR) is 77.9 cm³/mol. The highest BCUT2D eigenvalue weighted by Gasteiger charge is 2.04. The Morgan fingerprint density at radius 3 is 2.17 bits per heavy atom. The minimum Gasteiger partial charge on any atom is -0.303 e. The zero-order valence-electron chi connectivity index (χ0n) is 11.1. The molecule has 18 heavy (non-hydrogen) atoms. The van der Waals surface area contributed by atoms with Gasteiger partial charge in [0, 0.05) is 19.7 Å². The predicted octanol–water partition coefficient (Wildman–Crippen LogP) is 3.56. The lowest BCUT2D eigenvalue weighted by Crippen LogP contribution is -2.02. The number of hydrazone groups is 1. The molecule has 2 nitrogen and oxygen atoms in total. The van der Waals surface area contributed by atoms with Gasteiger partial charge in [-0.15, -0.1) is 0 Å². The normalized spacial score (nSPS) is 10.8. The van der Waals surface area contributed by atoms with E-state index >= 15 is 0 Å². The molecule has 2 aromatic carbocycles. The quantitative estimate of drug-likeness (QED) is 0.589. The number of hydrogen-bond donors (Lipinski definition) is 0. The van der Waals surface area contributed by atoms with Crippen LogP contribution in [0.25, 0.3) is 11.1 Å². The van der Waals surface area contributed by atoms with E-state index in [0.717, 1.165) is 5.56 Å². The van der Waals surface area contributed by atoms with Gasteiger partial charge < -0.3 is 5.01 Å². The van der Waals surface area contributed by atoms with Crippen LogP contribution in [0.2, 0.25) is 0 Å². The van der Waals surface area contributed by atoms with Crippen molar-refractivity contribution < 1.29 is 0 Å². The van der Waals surface area contributed by atoms with Crippen molar-refractivity contribution in [2.45, 2.75) is 6.92 Å². The van der Waals surface area contributed by atoms with E-state index in [-0.39, 0.29) is 0 Å². The third-order valence-electron chi connectivity index (χ3n) is 2.82. The molecule has 0 aliphatic rings. The van der Waals surface area contributed by atoms with Crippen molar-refractivity contribution in [3.8, 4) is 11.1 Å². The fourth-order valence-electron chi connectivity index (χ4n) is 1.91. The summed E-state index contributed by atoms with van der Waals surface area (Å²) in [6.07, 6.45) is 1.90. The summed E-state index contributed by atoms with van der Waals surface area (Å²) in [5.74, 6) is 0. The molecule has 0 atom stereocenters. The maximum absolute atomic E-state index is 4.32. The molecule has 2 aromatic rings. The van der Waals surface area contributed by atoms with Gasteiger partial charge in [0.05, 0.1) is 6.21 Å². The summed E-state index contributed by atoms with van der Waals surface area (Å²) < 4.78 is 0. The van der Waals surface area contributed by atoms with Gasteiger partial charge in [-0.1, -0.05) is 48.5 Å². The molecule has 0 saturated carbocycles. The first-order valence-corrected chi connectivity index (χ1v) is 6.05. The minimum absolute atomic E-state index is 1.14. The average molecular weight is 238 g/mol. The third-order valence-corrected chi connectivity index (χ3v) is 2.82. The van der Waals surface area contributed by atoms with Crippen LogP contribution in [0, 0.1) is 6.92 Å². The summed E-state index contributed by atoms with van der Waals surface area (Å²) >= 11 is 0. The van der Waals surface area contributed by atoms with Gasteiger partial charge in [-0.2, -0.15) is 5.10 Å². The highest BCUT2D eigenvalue weighted by atomic mass is 15.4. The summed E-state index contributed by atoms with van der Waals surface area (Å²) in [5, 5.41) is 6.12. The van der Waals surface area contributed by atoms with Gasteiger partial charge in [0.2, 0.25) is 0 Å². The molecule has 0 N–H and O–H groups in total. The molecule has 0 heterocycles. The van der Waals surface area contributed by atoms with Gasteiger partial charge >= 0.3 is 0 Å². The van der Waals surface area contributed by atoms with E-state index in [2.05, 4.69) is 54.5 Å². The summed E-state index contributed by atoms with van der Waals surface area (Å²) in [5.41, 5.74) is 4.91. The maximum Gasteiger partial charge on any atom is 0.0548 e. The van der Waals surface area contributed by atoms with Crippen LogP contribution in [0.4, 0.5) is 0 Å². The summed E-state index contributed by atoms with van der Waals surface area (Å²) in [7, 11) is 3.85. The smallest absolute Gasteiger partial charge is 0.0548 e. The van der Waals surface area contributed by atoms with Crippen LogP contribution >= 0.6 is 0 Å². The minimum atomic E-state index is 1.14. The van der Waals surface area contributed by atoms with Gasteiger partial charge in [0.15, 0.2) is 0 Å². The number of rotatable bonds is 3. The van der Waals surface area contributed by atoms with Gasteiger partial charge in [-0.05, 0) is 23.6 Å². The highest BCUT2D eigenvalue weighted by molar-refractivity contribution is 5.90. The second kappa shape index (κ2) is 5.50. The lowest BCUT2D eigenvalue weighted by atomic mass is 9.97. The van der Waals surface area contributed by atoms with E-state index in [1.807, 2.05) is 26.4 Å². The molecule has 92 valence electrons. The Bertz CT molecular complexity index is 557. The standard InChI is InChI=1S/C16H18N2/c1-13-8-4-6-10-15(13)16-11-7-5-9-14(16)12-17-18(2)3/h4-12H,1-3H3/b17-12+. The van der Waals surface area contributed by atoms with Gasteiger partial charge in [-0.25, -0.2) is 0 Å². The first kappa shape index (κ1) is 12.4. The molecule has 0 aromatic heterocycles. The van der Waals surface area contributed by atoms with Crippen LogP contribution in [0.15, 0.2) is 53.6 Å². The molecule has 0 aliphatic heterocycles. The van der Waals surface area contributed by atoms with Crippen molar-refractivity contribution in [3.05, 3.63) is 59.7 Å². The molecule has 2 rings (SSSR count). The molecule has 0 aliphatic carbocycles. The zero-order valence-corrected chi connectivity index (χ0v) is 11.1. The first-order chi connectivity index (χ1) is 8.68. The Balaban J connectivity index is 2.49. The summed E-state index contributed by atoms with van der Waals surface area (Å²) in [6.45, 7) is 2.13. The molecule has 0 bridgehead atoms. The van der Waals surface area contributed by atoms with Crippen LogP contribution in [0.5, 0.6) is 0 Å². The van der Waals surface area contributed by atoms with Crippen LogP contribution in [-0.4, -0.2) is 25.3 Å². The van der Waals surface area contributed by atoms with E-state index in [1.54, 1.807) is 5.01 Å². The van der Waals surface area contributed by atoms with Crippen LogP contribution in [-0.2, 0) is 0 Å². The number of aryl methyl sites for hydroxylation is 1. The van der Waals surface area contributed by atoms with E-state index in [1.165, 1.54) is 16.7 Å². The molecule has 0 saturated heterocycles. The van der Waals surface area contributed by atoms with Crippen molar-refractivity contribution in [2.24, 2.45) is 5.10 Å². The Kier molecular flexibility index (Phi) is 3.78. The lowest BCUT2D eigenvalue weighted by Gasteiger charge is -2.10. The van der Waals surface area contributed by atoms with Gasteiger partial charge in [0.25, 0.3) is 0 Å². The van der Waals surface area contributed by atoms with Crippen molar-refractivity contribution in [1.29, 1.82) is 0 Å². The molecular formula is C16H18N2. The van der Waals surface area contributed by atoms with Crippen molar-refractivity contribution in [1.82, 2.24) is 5.01 Å². The Hall–Kier alpha value is -2.09. The molecular weight excluding hydrogens is 220 g/mol. The maximum atomic E-state index is 4.32. The molecule has 0 fully saturated rings. The van der Waals surface area contributed by atoms with Crippen molar-refractivity contribution >= 4 is 6.21 Å². The van der Waals surface area contributed by atoms with Crippen LogP contribution < -0.4 is 0 Å². The second-order valence-electron chi connectivity index (χ2n) is 4.49. The topological polar surface area (TPSA) is 15.6 Å². The average Bonchev–Trinajstić information content (AvgIpc) is 2.37. The van der Waals surface area contributed by atoms with Crippen molar-refractivity contribution in [2.75, 3.05) is 14.1 Å². The molecule has 0 amide bonds. The van der Waals surface area contributed by atoms with Crippen molar-refractivity contribution in [3.63, 3.8) is 0 Å². The summed E-state index contributed by atoms with van der Waals surface area (Å²) in [6, 6.07) is 16.8. The largest absolute Gasteiger partial charge is 0.303 e. The highest BCUT2D eigenvalue weighted by Crippen LogP contribution is 2.25. The molecule has 0 spiro atoms. The molecule has 2 heteroatoms. The fourth-order valence-corrected chi connectivity index (χ4v) is 1.91. The second-order valence-corrected chi connectivity index (χ2v) is 4.49. The van der Waals surface area contributed by atoms with E-state index in [0.29, 0.717) is 0 Å². The first-order valence-electron chi connectivity index (χ1n) is 6.05. The number of nitrogens with zero attached hydrogens (tertiary/aromatic N) is 2. The monoisotopic (exact) mass is 238 g/mol. The molecule has 0 unspecified atom stereocenters. The van der Waals surface area contributed by atoms with Crippen LogP contribution in [0.3, 0.4) is 0 Å². The van der Waals surface area contributed by atoms with Gasteiger partial charge in [0.1, 0.15) is 0 Å². The SMILES string of the molecule is Cc1ccccc1-c1ccccc1/C=N/N(C)C. The molecule has 0 radical (unpaired) electrons.